The third kappa shape index (κ3) is 3.41. The smallest absolute Gasteiger partial charge is 0.337 e. The number of aromatic carboxylic acids is 1. The summed E-state index contributed by atoms with van der Waals surface area (Å²) in [5.74, 6) is -1.13. The highest BCUT2D eigenvalue weighted by Gasteiger charge is 2.19. The number of carbonyl (C=O) groups is 1. The fraction of sp³-hybridized carbons (Fsp3) is 0.364. The predicted molar refractivity (Wildman–Crippen MR) is 63.3 cm³/mol. The van der Waals surface area contributed by atoms with E-state index in [4.69, 9.17) is 16.7 Å². The van der Waals surface area contributed by atoms with Crippen LogP contribution in [0.25, 0.3) is 0 Å². The molecule has 0 saturated heterocycles. The van der Waals surface area contributed by atoms with E-state index in [0.717, 1.165) is 0 Å². The number of rotatable bonds is 5. The lowest BCUT2D eigenvalue weighted by molar-refractivity contribution is 0.0202. The molecule has 0 saturated carbocycles. The Hall–Kier alpha value is -1.14. The maximum atomic E-state index is 10.7. The van der Waals surface area contributed by atoms with Gasteiger partial charge in [-0.2, -0.15) is 0 Å². The summed E-state index contributed by atoms with van der Waals surface area (Å²) < 4.78 is 0. The second kappa shape index (κ2) is 5.97. The van der Waals surface area contributed by atoms with E-state index in [1.165, 1.54) is 18.2 Å². The Morgan fingerprint density at radius 2 is 2.12 bits per heavy atom. The highest BCUT2D eigenvalue weighted by molar-refractivity contribution is 6.33. The van der Waals surface area contributed by atoms with Gasteiger partial charge < -0.3 is 20.6 Å². The normalized spacial score (nSPS) is 14.4. The molecule has 94 valence electrons. The van der Waals surface area contributed by atoms with E-state index in [-0.39, 0.29) is 17.1 Å². The second-order valence-corrected chi connectivity index (χ2v) is 4.02. The van der Waals surface area contributed by atoms with E-state index in [1.54, 1.807) is 7.05 Å². The van der Waals surface area contributed by atoms with Gasteiger partial charge in [0.15, 0.2) is 0 Å². The second-order valence-electron chi connectivity index (χ2n) is 3.61. The number of benzene rings is 1. The average Bonchev–Trinajstić information content (AvgIpc) is 2.27. The van der Waals surface area contributed by atoms with Crippen LogP contribution in [0.4, 0.5) is 0 Å². The molecule has 4 N–H and O–H groups in total. The van der Waals surface area contributed by atoms with Gasteiger partial charge in [0.1, 0.15) is 6.10 Å². The third-order valence-electron chi connectivity index (χ3n) is 2.34. The first-order valence-corrected chi connectivity index (χ1v) is 5.38. The molecule has 17 heavy (non-hydrogen) atoms. The predicted octanol–water partition coefficient (Wildman–Crippen LogP) is 0.652. The molecular formula is C11H14ClNO4. The Labute approximate surface area is 104 Å². The molecule has 0 aromatic heterocycles. The molecule has 0 spiro atoms. The molecule has 1 aromatic rings. The monoisotopic (exact) mass is 259 g/mol. The van der Waals surface area contributed by atoms with Crippen LogP contribution in [0.2, 0.25) is 5.02 Å². The Balaban J connectivity index is 2.93. The van der Waals surface area contributed by atoms with Gasteiger partial charge in [-0.05, 0) is 24.7 Å². The molecule has 2 atom stereocenters. The molecule has 2 unspecified atom stereocenters. The van der Waals surface area contributed by atoms with E-state index >= 15 is 0 Å². The van der Waals surface area contributed by atoms with Gasteiger partial charge in [-0.15, -0.1) is 0 Å². The highest BCUT2D eigenvalue weighted by atomic mass is 35.5. The van der Waals surface area contributed by atoms with Crippen molar-refractivity contribution in [2.45, 2.75) is 12.2 Å². The lowest BCUT2D eigenvalue weighted by Gasteiger charge is -2.18. The van der Waals surface area contributed by atoms with Crippen molar-refractivity contribution in [1.29, 1.82) is 0 Å². The van der Waals surface area contributed by atoms with Crippen LogP contribution >= 0.6 is 11.6 Å². The van der Waals surface area contributed by atoms with Crippen LogP contribution < -0.4 is 5.32 Å². The third-order valence-corrected chi connectivity index (χ3v) is 2.66. The first-order chi connectivity index (χ1) is 7.97. The summed E-state index contributed by atoms with van der Waals surface area (Å²) in [7, 11) is 1.65. The Kier molecular flexibility index (Phi) is 4.89. The number of nitrogens with one attached hydrogen (secondary N) is 1. The first-order valence-electron chi connectivity index (χ1n) is 5.00. The van der Waals surface area contributed by atoms with Crippen molar-refractivity contribution in [3.8, 4) is 0 Å². The van der Waals surface area contributed by atoms with Crippen molar-refractivity contribution in [2.24, 2.45) is 0 Å². The summed E-state index contributed by atoms with van der Waals surface area (Å²) in [6.45, 7) is 0.222. The highest BCUT2D eigenvalue weighted by Crippen LogP contribution is 2.23. The molecule has 0 aliphatic heterocycles. The zero-order chi connectivity index (χ0) is 13.0. The average molecular weight is 260 g/mol. The largest absolute Gasteiger partial charge is 0.478 e. The van der Waals surface area contributed by atoms with Crippen LogP contribution in [0, 0.1) is 0 Å². The van der Waals surface area contributed by atoms with Crippen LogP contribution in [-0.2, 0) is 0 Å². The van der Waals surface area contributed by atoms with Gasteiger partial charge in [0, 0.05) is 6.54 Å². The van der Waals surface area contributed by atoms with Gasteiger partial charge in [-0.1, -0.05) is 17.7 Å². The Morgan fingerprint density at radius 3 is 2.59 bits per heavy atom. The van der Waals surface area contributed by atoms with Crippen LogP contribution in [0.15, 0.2) is 18.2 Å². The Bertz CT molecular complexity index is 410. The van der Waals surface area contributed by atoms with Crippen LogP contribution in [-0.4, -0.2) is 41.0 Å². The van der Waals surface area contributed by atoms with Crippen molar-refractivity contribution in [1.82, 2.24) is 5.32 Å². The number of aliphatic hydroxyl groups is 2. The van der Waals surface area contributed by atoms with E-state index in [1.807, 2.05) is 0 Å². The van der Waals surface area contributed by atoms with Crippen molar-refractivity contribution in [3.05, 3.63) is 34.3 Å². The summed E-state index contributed by atoms with van der Waals surface area (Å²) in [6, 6.07) is 4.07. The van der Waals surface area contributed by atoms with Gasteiger partial charge in [0.25, 0.3) is 0 Å². The zero-order valence-corrected chi connectivity index (χ0v) is 9.98. The number of halogens is 1. The first kappa shape index (κ1) is 13.9. The number of carboxylic acids is 1. The quantitative estimate of drug-likeness (QED) is 0.624. The minimum Gasteiger partial charge on any atom is -0.478 e. The molecule has 0 aliphatic carbocycles. The van der Waals surface area contributed by atoms with Crippen molar-refractivity contribution in [3.63, 3.8) is 0 Å². The molecule has 0 heterocycles. The number of hydrogen-bond donors (Lipinski definition) is 4. The van der Waals surface area contributed by atoms with E-state index < -0.39 is 18.2 Å². The molecule has 0 fully saturated rings. The van der Waals surface area contributed by atoms with Crippen molar-refractivity contribution in [2.75, 3.05) is 13.6 Å². The summed E-state index contributed by atoms with van der Waals surface area (Å²) in [5, 5.41) is 30.9. The summed E-state index contributed by atoms with van der Waals surface area (Å²) in [5.41, 5.74) is 0.341. The van der Waals surface area contributed by atoms with Gasteiger partial charge in [-0.3, -0.25) is 0 Å². The fourth-order valence-electron chi connectivity index (χ4n) is 1.43. The molecule has 0 amide bonds. The maximum absolute atomic E-state index is 10.7. The van der Waals surface area contributed by atoms with Gasteiger partial charge >= 0.3 is 5.97 Å². The van der Waals surface area contributed by atoms with Gasteiger partial charge in [0.2, 0.25) is 0 Å². The topological polar surface area (TPSA) is 89.8 Å². The molecule has 1 aromatic carbocycles. The number of aliphatic hydroxyl groups excluding tert-OH is 2. The van der Waals surface area contributed by atoms with Crippen LogP contribution in [0.3, 0.4) is 0 Å². The summed E-state index contributed by atoms with van der Waals surface area (Å²) >= 11 is 5.76. The van der Waals surface area contributed by atoms with Crippen molar-refractivity contribution < 1.29 is 20.1 Å². The van der Waals surface area contributed by atoms with Gasteiger partial charge in [-0.25, -0.2) is 4.79 Å². The van der Waals surface area contributed by atoms with Crippen LogP contribution in [0.1, 0.15) is 22.0 Å². The molecule has 0 bridgehead atoms. The minimum absolute atomic E-state index is 0.0331. The Morgan fingerprint density at radius 1 is 1.47 bits per heavy atom. The molecule has 5 nitrogen and oxygen atoms in total. The molecular weight excluding hydrogens is 246 g/mol. The zero-order valence-electron chi connectivity index (χ0n) is 9.22. The molecule has 1 rings (SSSR count). The van der Waals surface area contributed by atoms with E-state index in [2.05, 4.69) is 5.32 Å². The van der Waals surface area contributed by atoms with Gasteiger partial charge in [0.05, 0.1) is 16.7 Å². The fourth-order valence-corrected chi connectivity index (χ4v) is 1.70. The number of likely N-dealkylation sites (N-methyl/N-ethyl adjacent to an activating group) is 1. The maximum Gasteiger partial charge on any atom is 0.337 e. The lowest BCUT2D eigenvalue weighted by Crippen LogP contribution is -2.29. The summed E-state index contributed by atoms with van der Waals surface area (Å²) in [4.78, 5) is 10.7. The molecule has 0 radical (unpaired) electrons. The van der Waals surface area contributed by atoms with E-state index in [9.17, 15) is 15.0 Å². The lowest BCUT2D eigenvalue weighted by atomic mass is 10.0. The van der Waals surface area contributed by atoms with E-state index in [0.29, 0.717) is 5.56 Å². The molecule has 6 heteroatoms. The SMILES string of the molecule is CNCC(O)C(O)c1ccc(C(=O)O)c(Cl)c1. The van der Waals surface area contributed by atoms with Crippen molar-refractivity contribution >= 4 is 17.6 Å². The minimum atomic E-state index is -1.13. The standard InChI is InChI=1S/C11H14ClNO4/c1-13-5-9(14)10(15)6-2-3-7(11(16)17)8(12)4-6/h2-4,9-10,13-15H,5H2,1H3,(H,16,17). The number of hydrogen-bond acceptors (Lipinski definition) is 4. The van der Waals surface area contributed by atoms with Crippen LogP contribution in [0.5, 0.6) is 0 Å². The summed E-state index contributed by atoms with van der Waals surface area (Å²) in [6.07, 6.45) is -2.09. The molecule has 0 aliphatic rings. The number of carboxylic acid groups (broad SMARTS) is 1.